The van der Waals surface area contributed by atoms with E-state index in [1.807, 2.05) is 0 Å². The monoisotopic (exact) mass is 571 g/mol. The topological polar surface area (TPSA) is 109 Å². The van der Waals surface area contributed by atoms with Gasteiger partial charge in [0, 0.05) is 50.7 Å². The molecule has 11 heteroatoms. The van der Waals surface area contributed by atoms with Crippen molar-refractivity contribution in [2.45, 2.75) is 48.8 Å². The second-order valence-electron chi connectivity index (χ2n) is 9.90. The van der Waals surface area contributed by atoms with Gasteiger partial charge in [-0.3, -0.25) is 19.3 Å². The highest BCUT2D eigenvalue weighted by Crippen LogP contribution is 2.60. The van der Waals surface area contributed by atoms with Gasteiger partial charge in [-0.2, -0.15) is 0 Å². The summed E-state index contributed by atoms with van der Waals surface area (Å²) in [5.41, 5.74) is -1.10. The molecular formula is C25H38BrN3O7. The lowest BCUT2D eigenvalue weighted by atomic mass is 9.70. The van der Waals surface area contributed by atoms with E-state index in [1.54, 1.807) is 22.8 Å². The molecular weight excluding hydrogens is 534 g/mol. The number of alkyl halides is 1. The van der Waals surface area contributed by atoms with Crippen molar-refractivity contribution in [1.82, 2.24) is 14.7 Å². The Balaban J connectivity index is 1.63. The molecule has 6 atom stereocenters. The van der Waals surface area contributed by atoms with Gasteiger partial charge in [0.05, 0.1) is 37.8 Å². The van der Waals surface area contributed by atoms with Crippen LogP contribution in [-0.4, -0.2) is 126 Å². The van der Waals surface area contributed by atoms with Gasteiger partial charge in [0.1, 0.15) is 11.6 Å². The number of hydrogen-bond donors (Lipinski definition) is 1. The second kappa shape index (κ2) is 11.9. The van der Waals surface area contributed by atoms with E-state index in [4.69, 9.17) is 14.2 Å². The van der Waals surface area contributed by atoms with E-state index in [1.165, 1.54) is 0 Å². The van der Waals surface area contributed by atoms with Crippen molar-refractivity contribution in [2.75, 3.05) is 65.7 Å². The lowest BCUT2D eigenvalue weighted by Crippen LogP contribution is -2.57. The molecule has 1 spiro atoms. The smallest absolute Gasteiger partial charge is 0.312 e. The van der Waals surface area contributed by atoms with E-state index in [2.05, 4.69) is 27.4 Å². The van der Waals surface area contributed by atoms with Gasteiger partial charge in [0.15, 0.2) is 0 Å². The van der Waals surface area contributed by atoms with Crippen molar-refractivity contribution in [3.63, 3.8) is 0 Å². The molecule has 0 saturated carbocycles. The standard InChI is InChI=1S/C25H38BrN3O7/c1-3-7-28(10-9-27-11-14-34-15-12-27)23(32)21-25-16-17(26)20(36-25)18(24(33)35-4-2)19(25)22(31)29(21)8-5-6-13-30/h3,17-21,30H,1,4-16H2,2H3/t17?,18-,19-,20-,21?,25?/m0/s1. The molecule has 4 aliphatic heterocycles. The zero-order valence-corrected chi connectivity index (χ0v) is 22.6. The van der Waals surface area contributed by atoms with Gasteiger partial charge in [-0.1, -0.05) is 22.0 Å². The molecule has 0 aromatic heterocycles. The van der Waals surface area contributed by atoms with Crippen LogP contribution < -0.4 is 0 Å². The fourth-order valence-corrected chi connectivity index (χ4v) is 7.20. The van der Waals surface area contributed by atoms with Gasteiger partial charge in [-0.15, -0.1) is 6.58 Å². The van der Waals surface area contributed by atoms with E-state index in [-0.39, 0.29) is 29.9 Å². The Bertz CT molecular complexity index is 838. The highest BCUT2D eigenvalue weighted by atomic mass is 79.9. The van der Waals surface area contributed by atoms with Crippen molar-refractivity contribution >= 4 is 33.7 Å². The molecule has 4 aliphatic rings. The zero-order valence-electron chi connectivity index (χ0n) is 21.0. The Morgan fingerprint density at radius 3 is 2.72 bits per heavy atom. The number of esters is 1. The number of ether oxygens (including phenoxy) is 3. The fourth-order valence-electron chi connectivity index (χ4n) is 6.26. The van der Waals surface area contributed by atoms with Crippen molar-refractivity contribution < 1.29 is 33.7 Å². The average molecular weight is 572 g/mol. The number of likely N-dealkylation sites (tertiary alicyclic amines) is 1. The van der Waals surface area contributed by atoms with Crippen LogP contribution in [0.3, 0.4) is 0 Å². The molecule has 10 nitrogen and oxygen atoms in total. The number of aliphatic hydroxyl groups is 1. The van der Waals surface area contributed by atoms with E-state index in [0.717, 1.165) is 13.1 Å². The molecule has 0 aromatic carbocycles. The fraction of sp³-hybridized carbons (Fsp3) is 0.800. The Kier molecular flexibility index (Phi) is 9.09. The minimum atomic E-state index is -1.10. The molecule has 4 heterocycles. The summed E-state index contributed by atoms with van der Waals surface area (Å²) in [6.45, 7) is 10.6. The first kappa shape index (κ1) is 27.5. The second-order valence-corrected chi connectivity index (χ2v) is 11.1. The largest absolute Gasteiger partial charge is 0.466 e. The molecule has 2 amide bonds. The maximum absolute atomic E-state index is 14.2. The third-order valence-corrected chi connectivity index (χ3v) is 8.68. The zero-order chi connectivity index (χ0) is 25.9. The Morgan fingerprint density at radius 1 is 1.31 bits per heavy atom. The van der Waals surface area contributed by atoms with Crippen LogP contribution in [0, 0.1) is 11.8 Å². The normalized spacial score (nSPS) is 33.6. The number of amides is 2. The molecule has 4 rings (SSSR count). The van der Waals surface area contributed by atoms with Crippen molar-refractivity contribution in [3.05, 3.63) is 12.7 Å². The quantitative estimate of drug-likeness (QED) is 0.155. The first-order valence-corrected chi connectivity index (χ1v) is 13.9. The minimum absolute atomic E-state index is 0.00481. The van der Waals surface area contributed by atoms with E-state index >= 15 is 0 Å². The van der Waals surface area contributed by atoms with Crippen LogP contribution in [0.1, 0.15) is 26.2 Å². The van der Waals surface area contributed by atoms with E-state index < -0.39 is 35.6 Å². The van der Waals surface area contributed by atoms with Crippen molar-refractivity contribution in [2.24, 2.45) is 11.8 Å². The van der Waals surface area contributed by atoms with Crippen LogP contribution in [0.4, 0.5) is 0 Å². The average Bonchev–Trinajstić information content (AvgIpc) is 3.46. The third kappa shape index (κ3) is 4.97. The van der Waals surface area contributed by atoms with Crippen LogP contribution in [-0.2, 0) is 28.6 Å². The molecule has 202 valence electrons. The van der Waals surface area contributed by atoms with E-state index in [9.17, 15) is 19.5 Å². The molecule has 0 radical (unpaired) electrons. The van der Waals surface area contributed by atoms with Gasteiger partial charge in [-0.05, 0) is 26.2 Å². The van der Waals surface area contributed by atoms with Gasteiger partial charge in [0.25, 0.3) is 0 Å². The summed E-state index contributed by atoms with van der Waals surface area (Å²) >= 11 is 3.66. The summed E-state index contributed by atoms with van der Waals surface area (Å²) in [6.07, 6.45) is 2.70. The van der Waals surface area contributed by atoms with Gasteiger partial charge >= 0.3 is 5.97 Å². The summed E-state index contributed by atoms with van der Waals surface area (Å²) in [4.78, 5) is 46.5. The number of carbonyl (C=O) groups is 3. The molecule has 36 heavy (non-hydrogen) atoms. The Hall–Kier alpha value is -1.53. The third-order valence-electron chi connectivity index (χ3n) is 7.84. The molecule has 1 N–H and O–H groups in total. The number of nitrogens with zero attached hydrogens (tertiary/aromatic N) is 3. The number of aliphatic hydroxyl groups excluding tert-OH is 1. The van der Waals surface area contributed by atoms with Gasteiger partial charge in [0.2, 0.25) is 11.8 Å². The predicted octanol–water partition coefficient (Wildman–Crippen LogP) is 0.417. The van der Waals surface area contributed by atoms with Crippen LogP contribution >= 0.6 is 15.9 Å². The van der Waals surface area contributed by atoms with Gasteiger partial charge in [-0.25, -0.2) is 0 Å². The molecule has 2 bridgehead atoms. The lowest BCUT2D eigenvalue weighted by Gasteiger charge is -2.38. The summed E-state index contributed by atoms with van der Waals surface area (Å²) < 4.78 is 17.2. The number of hydrogen-bond acceptors (Lipinski definition) is 8. The van der Waals surface area contributed by atoms with Crippen LogP contribution in [0.5, 0.6) is 0 Å². The summed E-state index contributed by atoms with van der Waals surface area (Å²) in [6, 6.07) is -0.845. The maximum atomic E-state index is 14.2. The molecule has 0 aliphatic carbocycles. The Labute approximate surface area is 221 Å². The molecule has 4 saturated heterocycles. The van der Waals surface area contributed by atoms with Crippen LogP contribution in [0.25, 0.3) is 0 Å². The molecule has 0 aromatic rings. The maximum Gasteiger partial charge on any atom is 0.312 e. The summed E-state index contributed by atoms with van der Waals surface area (Å²) in [5, 5.41) is 9.31. The first-order valence-electron chi connectivity index (χ1n) is 13.0. The number of fused-ring (bicyclic) bond motifs is 1. The number of unbranched alkanes of at least 4 members (excludes halogenated alkanes) is 1. The van der Waals surface area contributed by atoms with Crippen LogP contribution in [0.2, 0.25) is 0 Å². The summed E-state index contributed by atoms with van der Waals surface area (Å²) in [5.74, 6) is -2.39. The SMILES string of the molecule is C=CCN(CCN1CCOCC1)C(=O)C1N(CCCCO)C(=O)[C@@H]2[C@H](C(=O)OCC)[C@H]3OC12CC3Br. The number of rotatable bonds is 12. The predicted molar refractivity (Wildman–Crippen MR) is 134 cm³/mol. The number of morpholine rings is 1. The van der Waals surface area contributed by atoms with Gasteiger partial charge < -0.3 is 29.1 Å². The highest BCUT2D eigenvalue weighted by molar-refractivity contribution is 9.09. The Morgan fingerprint density at radius 2 is 2.06 bits per heavy atom. The lowest BCUT2D eigenvalue weighted by molar-refractivity contribution is -0.154. The highest BCUT2D eigenvalue weighted by Gasteiger charge is 2.77. The number of carbonyl (C=O) groups excluding carboxylic acids is 3. The molecule has 3 unspecified atom stereocenters. The molecule has 4 fully saturated rings. The summed E-state index contributed by atoms with van der Waals surface area (Å²) in [7, 11) is 0. The van der Waals surface area contributed by atoms with Crippen molar-refractivity contribution in [3.8, 4) is 0 Å². The van der Waals surface area contributed by atoms with Crippen molar-refractivity contribution in [1.29, 1.82) is 0 Å². The van der Waals surface area contributed by atoms with Crippen LogP contribution in [0.15, 0.2) is 12.7 Å². The number of halogens is 1. The minimum Gasteiger partial charge on any atom is -0.466 e. The first-order chi connectivity index (χ1) is 17.4. The van der Waals surface area contributed by atoms with E-state index in [0.29, 0.717) is 58.7 Å².